The molecule has 0 saturated heterocycles. The summed E-state index contributed by atoms with van der Waals surface area (Å²) in [4.78, 5) is 15.9. The molecule has 0 aromatic carbocycles. The van der Waals surface area contributed by atoms with Gasteiger partial charge in [-0.05, 0) is 41.5 Å². The SMILES string of the molecule is CC(C)(C)OC(=O)N=NC1=NC2=C(NCN2)C(OC(C)(C)C)N1. The van der Waals surface area contributed by atoms with Crippen LogP contribution in [0.15, 0.2) is 26.7 Å². The van der Waals surface area contributed by atoms with Gasteiger partial charge in [-0.2, -0.15) is 4.99 Å². The molecular formula is C14H24N6O3. The average molecular weight is 324 g/mol. The standard InChI is InChI=1S/C14H24N6O3/c1-13(2,3)22-10-8-9(16-7-15-8)17-11(18-10)19-20-12(21)23-14(4,5)6/h10,15-16H,7H2,1-6H3,(H,17,18). The van der Waals surface area contributed by atoms with Crippen LogP contribution in [-0.2, 0) is 9.47 Å². The molecule has 9 heteroatoms. The zero-order chi connectivity index (χ0) is 17.3. The molecule has 3 N–H and O–H groups in total. The van der Waals surface area contributed by atoms with Gasteiger partial charge < -0.3 is 25.4 Å². The quantitative estimate of drug-likeness (QED) is 0.635. The van der Waals surface area contributed by atoms with Crippen LogP contribution >= 0.6 is 0 Å². The minimum Gasteiger partial charge on any atom is -0.441 e. The van der Waals surface area contributed by atoms with Crippen LogP contribution in [0.3, 0.4) is 0 Å². The summed E-state index contributed by atoms with van der Waals surface area (Å²) in [6.45, 7) is 11.7. The maximum Gasteiger partial charge on any atom is 0.453 e. The van der Waals surface area contributed by atoms with E-state index in [1.54, 1.807) is 20.8 Å². The van der Waals surface area contributed by atoms with E-state index in [1.165, 1.54) is 0 Å². The minimum absolute atomic E-state index is 0.181. The highest BCUT2D eigenvalue weighted by Gasteiger charge is 2.32. The van der Waals surface area contributed by atoms with Gasteiger partial charge in [0.1, 0.15) is 11.3 Å². The van der Waals surface area contributed by atoms with Gasteiger partial charge in [0.2, 0.25) is 5.96 Å². The number of carbonyl (C=O) groups is 1. The third-order valence-corrected chi connectivity index (χ3v) is 2.62. The van der Waals surface area contributed by atoms with E-state index in [4.69, 9.17) is 9.47 Å². The number of rotatable bonds is 1. The van der Waals surface area contributed by atoms with Crippen molar-refractivity contribution >= 4 is 12.1 Å². The minimum atomic E-state index is -0.771. The van der Waals surface area contributed by atoms with Crippen molar-refractivity contribution in [1.29, 1.82) is 0 Å². The molecule has 9 nitrogen and oxygen atoms in total. The van der Waals surface area contributed by atoms with E-state index in [9.17, 15) is 4.79 Å². The summed E-state index contributed by atoms with van der Waals surface area (Å²) in [5.41, 5.74) is -0.191. The zero-order valence-electron chi connectivity index (χ0n) is 14.4. The summed E-state index contributed by atoms with van der Waals surface area (Å²) >= 11 is 0. The summed E-state index contributed by atoms with van der Waals surface area (Å²) in [5, 5.41) is 16.6. The largest absolute Gasteiger partial charge is 0.453 e. The Labute approximate surface area is 135 Å². The molecule has 0 aliphatic carbocycles. The Morgan fingerprint density at radius 3 is 2.48 bits per heavy atom. The highest BCUT2D eigenvalue weighted by atomic mass is 16.6. The third-order valence-electron chi connectivity index (χ3n) is 2.62. The van der Waals surface area contributed by atoms with Gasteiger partial charge in [-0.15, -0.1) is 5.11 Å². The average Bonchev–Trinajstić information content (AvgIpc) is 2.81. The van der Waals surface area contributed by atoms with Crippen molar-refractivity contribution in [1.82, 2.24) is 16.0 Å². The topological polar surface area (TPSA) is 109 Å². The van der Waals surface area contributed by atoms with E-state index < -0.39 is 17.9 Å². The van der Waals surface area contributed by atoms with Crippen molar-refractivity contribution in [2.45, 2.75) is 59.0 Å². The number of ether oxygens (including phenoxy) is 2. The first-order chi connectivity index (χ1) is 10.5. The number of guanidine groups is 1. The molecule has 128 valence electrons. The Hall–Kier alpha value is -2.16. The molecule has 1 unspecified atom stereocenters. The lowest BCUT2D eigenvalue weighted by Crippen LogP contribution is -2.46. The molecule has 2 heterocycles. The first-order valence-electron chi connectivity index (χ1n) is 7.43. The predicted molar refractivity (Wildman–Crippen MR) is 84.5 cm³/mol. The number of hydrogen-bond acceptors (Lipinski definition) is 8. The van der Waals surface area contributed by atoms with Gasteiger partial charge in [-0.3, -0.25) is 0 Å². The van der Waals surface area contributed by atoms with E-state index in [1.807, 2.05) is 20.8 Å². The number of aliphatic imine (C=N–C) groups is 1. The molecule has 0 radical (unpaired) electrons. The molecule has 0 bridgehead atoms. The molecule has 0 aromatic heterocycles. The molecule has 0 spiro atoms. The number of amides is 1. The Morgan fingerprint density at radius 2 is 1.87 bits per heavy atom. The summed E-state index contributed by atoms with van der Waals surface area (Å²) < 4.78 is 11.0. The highest BCUT2D eigenvalue weighted by Crippen LogP contribution is 2.21. The molecule has 0 fully saturated rings. The fourth-order valence-corrected chi connectivity index (χ4v) is 1.91. The van der Waals surface area contributed by atoms with E-state index in [2.05, 4.69) is 31.2 Å². The fourth-order valence-electron chi connectivity index (χ4n) is 1.91. The molecule has 2 aliphatic rings. The van der Waals surface area contributed by atoms with Gasteiger partial charge in [-0.25, -0.2) is 4.79 Å². The lowest BCUT2D eigenvalue weighted by atomic mass is 10.2. The number of nitrogens with one attached hydrogen (secondary N) is 3. The van der Waals surface area contributed by atoms with Crippen LogP contribution in [0, 0.1) is 0 Å². The van der Waals surface area contributed by atoms with Crippen molar-refractivity contribution < 1.29 is 14.3 Å². The monoisotopic (exact) mass is 324 g/mol. The van der Waals surface area contributed by atoms with Gasteiger partial charge in [0, 0.05) is 0 Å². The van der Waals surface area contributed by atoms with Crippen molar-refractivity contribution in [3.05, 3.63) is 11.5 Å². The maximum atomic E-state index is 11.6. The molecule has 2 aliphatic heterocycles. The smallest absolute Gasteiger partial charge is 0.441 e. The van der Waals surface area contributed by atoms with Crippen LogP contribution in [0.5, 0.6) is 0 Å². The summed E-state index contributed by atoms with van der Waals surface area (Å²) in [6.07, 6.45) is -1.22. The van der Waals surface area contributed by atoms with Gasteiger partial charge in [0.15, 0.2) is 12.0 Å². The Balaban J connectivity index is 2.10. The highest BCUT2D eigenvalue weighted by molar-refractivity contribution is 5.84. The molecule has 1 amide bonds. The van der Waals surface area contributed by atoms with Crippen molar-refractivity contribution in [2.75, 3.05) is 6.67 Å². The molecular weight excluding hydrogens is 300 g/mol. The zero-order valence-corrected chi connectivity index (χ0v) is 14.4. The second-order valence-corrected chi connectivity index (χ2v) is 7.16. The van der Waals surface area contributed by atoms with Gasteiger partial charge in [0.25, 0.3) is 0 Å². The summed E-state index contributed by atoms with van der Waals surface area (Å²) in [5.74, 6) is 0.802. The van der Waals surface area contributed by atoms with Crippen molar-refractivity contribution in [3.63, 3.8) is 0 Å². The molecule has 1 atom stereocenters. The van der Waals surface area contributed by atoms with E-state index in [-0.39, 0.29) is 11.6 Å². The van der Waals surface area contributed by atoms with E-state index in [0.29, 0.717) is 12.5 Å². The maximum absolute atomic E-state index is 11.6. The van der Waals surface area contributed by atoms with Crippen LogP contribution in [0.4, 0.5) is 4.79 Å². The van der Waals surface area contributed by atoms with Crippen molar-refractivity contribution in [3.8, 4) is 0 Å². The molecule has 0 saturated carbocycles. The summed E-state index contributed by atoms with van der Waals surface area (Å²) in [7, 11) is 0. The summed E-state index contributed by atoms with van der Waals surface area (Å²) in [6, 6.07) is 0. The Kier molecular flexibility index (Phi) is 4.60. The van der Waals surface area contributed by atoms with Gasteiger partial charge in [-0.1, -0.05) is 5.11 Å². The molecule has 23 heavy (non-hydrogen) atoms. The normalized spacial score (nSPS) is 21.3. The first-order valence-corrected chi connectivity index (χ1v) is 7.43. The second kappa shape index (κ2) is 6.15. The van der Waals surface area contributed by atoms with E-state index in [0.717, 1.165) is 5.70 Å². The van der Waals surface area contributed by atoms with Crippen LogP contribution in [-0.4, -0.2) is 36.2 Å². The second-order valence-electron chi connectivity index (χ2n) is 7.16. The first kappa shape index (κ1) is 17.2. The van der Waals surface area contributed by atoms with Crippen LogP contribution in [0.2, 0.25) is 0 Å². The van der Waals surface area contributed by atoms with Crippen LogP contribution < -0.4 is 16.0 Å². The van der Waals surface area contributed by atoms with E-state index >= 15 is 0 Å². The van der Waals surface area contributed by atoms with Crippen LogP contribution in [0.25, 0.3) is 0 Å². The lowest BCUT2D eigenvalue weighted by Gasteiger charge is -2.30. The number of azo groups is 1. The Morgan fingerprint density at radius 1 is 1.17 bits per heavy atom. The predicted octanol–water partition coefficient (Wildman–Crippen LogP) is 1.79. The molecule has 2 rings (SSSR count). The number of carbonyl (C=O) groups excluding carboxylic acids is 1. The van der Waals surface area contributed by atoms with Gasteiger partial charge >= 0.3 is 6.09 Å². The fraction of sp³-hybridized carbons (Fsp3) is 0.714. The Bertz CT molecular complexity index is 568. The number of nitrogens with zero attached hydrogens (tertiary/aromatic N) is 3. The van der Waals surface area contributed by atoms with Crippen molar-refractivity contribution in [2.24, 2.45) is 15.2 Å². The van der Waals surface area contributed by atoms with Gasteiger partial charge in [0.05, 0.1) is 12.3 Å². The number of hydrogen-bond donors (Lipinski definition) is 3. The van der Waals surface area contributed by atoms with Crippen LogP contribution in [0.1, 0.15) is 41.5 Å². The lowest BCUT2D eigenvalue weighted by molar-refractivity contribution is -0.0523. The third kappa shape index (κ3) is 5.20. The molecule has 0 aromatic rings.